The number of carbonyl (C=O) groups is 2. The molecule has 6 heteroatoms. The molecule has 0 radical (unpaired) electrons. The number of likely N-dealkylation sites (N-methyl/N-ethyl adjacent to an activating group) is 1. The molecule has 0 bridgehead atoms. The van der Waals surface area contributed by atoms with Gasteiger partial charge in [-0.25, -0.2) is 0 Å². The third kappa shape index (κ3) is 3.35. The topological polar surface area (TPSA) is 61.4 Å². The number of hydrogen-bond donors (Lipinski definition) is 2. The Kier molecular flexibility index (Phi) is 4.56. The van der Waals surface area contributed by atoms with Crippen LogP contribution in [0, 0.1) is 0 Å². The Balaban J connectivity index is 0.00000128. The highest BCUT2D eigenvalue weighted by Crippen LogP contribution is 2.18. The Morgan fingerprint density at radius 1 is 1.38 bits per heavy atom. The molecule has 2 rings (SSSR count). The van der Waals surface area contributed by atoms with E-state index in [1.807, 2.05) is 0 Å². The molecule has 92 valence electrons. The van der Waals surface area contributed by atoms with E-state index in [9.17, 15) is 9.59 Å². The van der Waals surface area contributed by atoms with E-state index in [2.05, 4.69) is 10.6 Å². The molecule has 1 aliphatic carbocycles. The first-order valence-electron chi connectivity index (χ1n) is 5.44. The predicted octanol–water partition coefficient (Wildman–Crippen LogP) is -0.493. The minimum absolute atomic E-state index is 0. The Hall–Kier alpha value is -0.810. The van der Waals surface area contributed by atoms with Gasteiger partial charge in [0, 0.05) is 13.1 Å². The van der Waals surface area contributed by atoms with Gasteiger partial charge in [-0.2, -0.15) is 0 Å². The molecular weight excluding hydrogens is 230 g/mol. The van der Waals surface area contributed by atoms with Crippen LogP contribution in [-0.2, 0) is 9.59 Å². The lowest BCUT2D eigenvalue weighted by Crippen LogP contribution is -2.54. The van der Waals surface area contributed by atoms with E-state index in [1.54, 1.807) is 7.05 Å². The largest absolute Gasteiger partial charge is 0.352 e. The van der Waals surface area contributed by atoms with E-state index in [0.29, 0.717) is 6.04 Å². The summed E-state index contributed by atoms with van der Waals surface area (Å²) < 4.78 is 0. The number of rotatable bonds is 4. The zero-order valence-electron chi connectivity index (χ0n) is 9.36. The molecule has 16 heavy (non-hydrogen) atoms. The van der Waals surface area contributed by atoms with E-state index in [4.69, 9.17) is 0 Å². The van der Waals surface area contributed by atoms with Crippen molar-refractivity contribution in [1.82, 2.24) is 15.5 Å². The SMILES string of the molecule is CN(CC(=O)NC1CC1)C(=O)[C@H]1CCN1.Cl. The summed E-state index contributed by atoms with van der Waals surface area (Å²) in [5.41, 5.74) is 0. The van der Waals surface area contributed by atoms with Gasteiger partial charge in [0.25, 0.3) is 0 Å². The molecule has 2 aliphatic rings. The van der Waals surface area contributed by atoms with Gasteiger partial charge >= 0.3 is 0 Å². The first-order chi connectivity index (χ1) is 7.16. The average Bonchev–Trinajstić information content (AvgIpc) is 2.84. The first-order valence-corrected chi connectivity index (χ1v) is 5.44. The standard InChI is InChI=1S/C10H17N3O2.ClH/c1-13(10(15)8-4-5-11-8)6-9(14)12-7-2-3-7;/h7-8,11H,2-6H2,1H3,(H,12,14);1H/t8-;/m1./s1. The molecule has 1 atom stereocenters. The number of nitrogens with zero attached hydrogens (tertiary/aromatic N) is 1. The molecule has 0 aromatic rings. The van der Waals surface area contributed by atoms with Gasteiger partial charge in [0.2, 0.25) is 11.8 Å². The van der Waals surface area contributed by atoms with Gasteiger partial charge in [-0.1, -0.05) is 0 Å². The Morgan fingerprint density at radius 2 is 2.00 bits per heavy atom. The normalized spacial score (nSPS) is 22.7. The molecule has 2 fully saturated rings. The van der Waals surface area contributed by atoms with Gasteiger partial charge in [0.15, 0.2) is 0 Å². The Morgan fingerprint density at radius 3 is 2.44 bits per heavy atom. The highest BCUT2D eigenvalue weighted by molar-refractivity contribution is 5.88. The minimum Gasteiger partial charge on any atom is -0.352 e. The zero-order valence-corrected chi connectivity index (χ0v) is 10.2. The van der Waals surface area contributed by atoms with Crippen LogP contribution in [0.25, 0.3) is 0 Å². The van der Waals surface area contributed by atoms with Gasteiger partial charge in [-0.15, -0.1) is 12.4 Å². The molecule has 5 nitrogen and oxygen atoms in total. The number of nitrogens with one attached hydrogen (secondary N) is 2. The summed E-state index contributed by atoms with van der Waals surface area (Å²) in [5.74, 6) is -0.0279. The molecule has 0 aromatic heterocycles. The fourth-order valence-electron chi connectivity index (χ4n) is 1.56. The maximum Gasteiger partial charge on any atom is 0.239 e. The van der Waals surface area contributed by atoms with Crippen molar-refractivity contribution in [3.8, 4) is 0 Å². The second kappa shape index (κ2) is 5.50. The second-order valence-electron chi connectivity index (χ2n) is 4.33. The maximum absolute atomic E-state index is 11.6. The predicted molar refractivity (Wildman–Crippen MR) is 62.5 cm³/mol. The molecule has 1 saturated carbocycles. The molecule has 1 heterocycles. The third-order valence-electron chi connectivity index (χ3n) is 2.82. The minimum atomic E-state index is -0.0660. The molecule has 0 unspecified atom stereocenters. The first kappa shape index (κ1) is 13.3. The monoisotopic (exact) mass is 247 g/mol. The Labute approximate surface area is 101 Å². The van der Waals surface area contributed by atoms with E-state index in [0.717, 1.165) is 25.8 Å². The number of amides is 2. The van der Waals surface area contributed by atoms with Crippen LogP contribution >= 0.6 is 12.4 Å². The molecule has 2 N–H and O–H groups in total. The lowest BCUT2D eigenvalue weighted by molar-refractivity contribution is -0.137. The summed E-state index contributed by atoms with van der Waals surface area (Å²) >= 11 is 0. The van der Waals surface area contributed by atoms with Crippen LogP contribution in [0.15, 0.2) is 0 Å². The van der Waals surface area contributed by atoms with Gasteiger partial charge in [0.1, 0.15) is 0 Å². The van der Waals surface area contributed by atoms with Gasteiger partial charge in [0.05, 0.1) is 12.6 Å². The summed E-state index contributed by atoms with van der Waals surface area (Å²) in [6.45, 7) is 1.08. The van der Waals surface area contributed by atoms with Gasteiger partial charge in [-0.3, -0.25) is 9.59 Å². The molecule has 2 amide bonds. The molecular formula is C10H18ClN3O2. The fourth-order valence-corrected chi connectivity index (χ4v) is 1.56. The summed E-state index contributed by atoms with van der Waals surface area (Å²) in [6, 6.07) is 0.298. The highest BCUT2D eigenvalue weighted by Gasteiger charge is 2.29. The lowest BCUT2D eigenvalue weighted by atomic mass is 10.1. The van der Waals surface area contributed by atoms with Crippen molar-refractivity contribution in [2.75, 3.05) is 20.1 Å². The van der Waals surface area contributed by atoms with Crippen LogP contribution in [0.3, 0.4) is 0 Å². The van der Waals surface area contributed by atoms with Crippen molar-refractivity contribution >= 4 is 24.2 Å². The summed E-state index contributed by atoms with van der Waals surface area (Å²) in [6.07, 6.45) is 3.04. The van der Waals surface area contributed by atoms with Crippen molar-refractivity contribution in [3.63, 3.8) is 0 Å². The van der Waals surface area contributed by atoms with Crippen LogP contribution in [-0.4, -0.2) is 48.9 Å². The van der Waals surface area contributed by atoms with Crippen LogP contribution in [0.2, 0.25) is 0 Å². The average molecular weight is 248 g/mol. The van der Waals surface area contributed by atoms with E-state index in [1.165, 1.54) is 4.90 Å². The molecule has 1 saturated heterocycles. The van der Waals surface area contributed by atoms with Gasteiger partial charge < -0.3 is 15.5 Å². The molecule has 0 spiro atoms. The summed E-state index contributed by atoms with van der Waals surface area (Å²) in [5, 5.41) is 5.89. The second-order valence-corrected chi connectivity index (χ2v) is 4.33. The van der Waals surface area contributed by atoms with Crippen molar-refractivity contribution in [2.24, 2.45) is 0 Å². The number of hydrogen-bond acceptors (Lipinski definition) is 3. The molecule has 1 aliphatic heterocycles. The van der Waals surface area contributed by atoms with Crippen LogP contribution in [0.1, 0.15) is 19.3 Å². The smallest absolute Gasteiger partial charge is 0.239 e. The maximum atomic E-state index is 11.6. The Bertz CT molecular complexity index is 277. The van der Waals surface area contributed by atoms with Crippen LogP contribution in [0.4, 0.5) is 0 Å². The van der Waals surface area contributed by atoms with Crippen LogP contribution in [0.5, 0.6) is 0 Å². The van der Waals surface area contributed by atoms with Crippen LogP contribution < -0.4 is 10.6 Å². The number of carbonyl (C=O) groups excluding carboxylic acids is 2. The van der Waals surface area contributed by atoms with Crippen molar-refractivity contribution in [1.29, 1.82) is 0 Å². The summed E-state index contributed by atoms with van der Waals surface area (Å²) in [7, 11) is 1.68. The highest BCUT2D eigenvalue weighted by atomic mass is 35.5. The zero-order chi connectivity index (χ0) is 10.8. The fraction of sp³-hybridized carbons (Fsp3) is 0.800. The third-order valence-corrected chi connectivity index (χ3v) is 2.82. The van der Waals surface area contributed by atoms with E-state index < -0.39 is 0 Å². The van der Waals surface area contributed by atoms with E-state index in [-0.39, 0.29) is 36.8 Å². The quantitative estimate of drug-likeness (QED) is 0.705. The van der Waals surface area contributed by atoms with Gasteiger partial charge in [-0.05, 0) is 25.8 Å². The van der Waals surface area contributed by atoms with Crippen molar-refractivity contribution in [3.05, 3.63) is 0 Å². The number of halogens is 1. The van der Waals surface area contributed by atoms with Crippen molar-refractivity contribution in [2.45, 2.75) is 31.3 Å². The summed E-state index contributed by atoms with van der Waals surface area (Å²) in [4.78, 5) is 24.6. The van der Waals surface area contributed by atoms with E-state index >= 15 is 0 Å². The lowest BCUT2D eigenvalue weighted by Gasteiger charge is -2.30. The molecule has 0 aromatic carbocycles. The van der Waals surface area contributed by atoms with Crippen molar-refractivity contribution < 1.29 is 9.59 Å².